The molecule has 0 bridgehead atoms. The number of ether oxygens (including phenoxy) is 3. The molecule has 8 heteroatoms. The number of unbranched alkanes of at least 4 members (excludes halogenated alkanes) is 1. The summed E-state index contributed by atoms with van der Waals surface area (Å²) in [4.78, 5) is 34.8. The number of amides is 1. The lowest BCUT2D eigenvalue weighted by Gasteiger charge is -2.30. The number of benzene rings is 1. The molecule has 0 aliphatic heterocycles. The first kappa shape index (κ1) is 28.0. The van der Waals surface area contributed by atoms with Crippen LogP contribution >= 0.6 is 0 Å². The molecule has 0 fully saturated rings. The first-order valence-electron chi connectivity index (χ1n) is 12.1. The lowest BCUT2D eigenvalue weighted by atomic mass is 10.1. The van der Waals surface area contributed by atoms with E-state index >= 15 is 0 Å². The highest BCUT2D eigenvalue weighted by Gasteiger charge is 2.32. The fourth-order valence-corrected chi connectivity index (χ4v) is 3.42. The minimum atomic E-state index is -0.698. The van der Waals surface area contributed by atoms with Gasteiger partial charge in [0.25, 0.3) is 0 Å². The van der Waals surface area contributed by atoms with E-state index < -0.39 is 17.7 Å². The Hall–Kier alpha value is -3.29. The third-order valence-electron chi connectivity index (χ3n) is 4.99. The van der Waals surface area contributed by atoms with Gasteiger partial charge in [0.2, 0.25) is 0 Å². The Bertz CT molecular complexity index is 1000. The van der Waals surface area contributed by atoms with Gasteiger partial charge in [-0.05, 0) is 52.7 Å². The van der Waals surface area contributed by atoms with Crippen LogP contribution in [0.2, 0.25) is 0 Å². The maximum atomic E-state index is 13.5. The summed E-state index contributed by atoms with van der Waals surface area (Å²) >= 11 is 0. The van der Waals surface area contributed by atoms with Crippen molar-refractivity contribution in [2.75, 3.05) is 37.0 Å². The smallest absolute Gasteiger partial charge is 0.416 e. The van der Waals surface area contributed by atoms with Crippen molar-refractivity contribution in [3.8, 4) is 11.5 Å². The summed E-state index contributed by atoms with van der Waals surface area (Å²) in [7, 11) is 3.67. The number of aromatic nitrogens is 1. The summed E-state index contributed by atoms with van der Waals surface area (Å²) in [6.45, 7) is 12.0. The molecule has 1 heterocycles. The largest absolute Gasteiger partial charge is 0.489 e. The molecule has 0 saturated heterocycles. The summed E-state index contributed by atoms with van der Waals surface area (Å²) in [5, 5.41) is 0. The predicted octanol–water partition coefficient (Wildman–Crippen LogP) is 6.01. The van der Waals surface area contributed by atoms with Crippen LogP contribution in [0.5, 0.6) is 11.5 Å². The van der Waals surface area contributed by atoms with Gasteiger partial charge in [0.1, 0.15) is 22.7 Å². The lowest BCUT2D eigenvalue weighted by Crippen LogP contribution is -2.38. The second-order valence-electron chi connectivity index (χ2n) is 9.52. The zero-order chi connectivity index (χ0) is 26.2. The second-order valence-corrected chi connectivity index (χ2v) is 9.52. The van der Waals surface area contributed by atoms with Crippen molar-refractivity contribution in [1.29, 1.82) is 0 Å². The van der Waals surface area contributed by atoms with Crippen molar-refractivity contribution < 1.29 is 23.8 Å². The zero-order valence-electron chi connectivity index (χ0n) is 22.3. The number of nitrogens with zero attached hydrogens (tertiary/aromatic N) is 3. The van der Waals surface area contributed by atoms with Crippen molar-refractivity contribution in [3.63, 3.8) is 0 Å². The Labute approximate surface area is 209 Å². The van der Waals surface area contributed by atoms with Crippen LogP contribution in [0.3, 0.4) is 0 Å². The van der Waals surface area contributed by atoms with Crippen LogP contribution in [0.15, 0.2) is 30.3 Å². The predicted molar refractivity (Wildman–Crippen MR) is 139 cm³/mol. The van der Waals surface area contributed by atoms with E-state index in [1.807, 2.05) is 47.9 Å². The van der Waals surface area contributed by atoms with Crippen LogP contribution < -0.4 is 19.3 Å². The summed E-state index contributed by atoms with van der Waals surface area (Å²) in [5.74, 6) is 0.840. The summed E-state index contributed by atoms with van der Waals surface area (Å²) < 4.78 is 17.5. The Morgan fingerprint density at radius 3 is 2.20 bits per heavy atom. The molecular weight excluding hydrogens is 446 g/mol. The number of carbonyl (C=O) groups is 2. The molecule has 8 nitrogen and oxygen atoms in total. The van der Waals surface area contributed by atoms with Crippen LogP contribution in [0.25, 0.3) is 0 Å². The van der Waals surface area contributed by atoms with Crippen molar-refractivity contribution in [2.45, 2.75) is 66.4 Å². The van der Waals surface area contributed by atoms with E-state index in [1.54, 1.807) is 36.1 Å². The fourth-order valence-electron chi connectivity index (χ4n) is 3.42. The van der Waals surface area contributed by atoms with Gasteiger partial charge < -0.3 is 19.1 Å². The van der Waals surface area contributed by atoms with Crippen LogP contribution in [0, 0.1) is 6.92 Å². The maximum absolute atomic E-state index is 13.5. The van der Waals surface area contributed by atoms with Crippen molar-refractivity contribution >= 4 is 23.7 Å². The SMILES string of the molecule is CCCCOc1c(N(CCC)C(=O)OC(C)(C)C)nc(N(C)C)c(C)c1C(=O)Oc1ccccc1. The molecule has 1 aromatic heterocycles. The molecule has 0 N–H and O–H groups in total. The van der Waals surface area contributed by atoms with Gasteiger partial charge in [0.05, 0.1) is 6.61 Å². The van der Waals surface area contributed by atoms with Gasteiger partial charge in [-0.15, -0.1) is 0 Å². The molecule has 192 valence electrons. The first-order chi connectivity index (χ1) is 16.5. The Morgan fingerprint density at radius 2 is 1.66 bits per heavy atom. The number of hydrogen-bond donors (Lipinski definition) is 0. The van der Waals surface area contributed by atoms with E-state index in [1.165, 1.54) is 4.90 Å². The monoisotopic (exact) mass is 485 g/mol. The van der Waals surface area contributed by atoms with E-state index in [4.69, 9.17) is 19.2 Å². The molecule has 0 spiro atoms. The first-order valence-corrected chi connectivity index (χ1v) is 12.1. The number of pyridine rings is 1. The topological polar surface area (TPSA) is 81.2 Å². The number of anilines is 2. The molecule has 1 aromatic carbocycles. The average Bonchev–Trinajstić information content (AvgIpc) is 2.77. The number of hydrogen-bond acceptors (Lipinski definition) is 7. The van der Waals surface area contributed by atoms with E-state index in [-0.39, 0.29) is 17.1 Å². The van der Waals surface area contributed by atoms with Crippen LogP contribution in [0.4, 0.5) is 16.4 Å². The van der Waals surface area contributed by atoms with Crippen molar-refractivity contribution in [3.05, 3.63) is 41.5 Å². The zero-order valence-corrected chi connectivity index (χ0v) is 22.3. The van der Waals surface area contributed by atoms with Gasteiger partial charge in [-0.1, -0.05) is 38.5 Å². The van der Waals surface area contributed by atoms with Crippen molar-refractivity contribution in [2.24, 2.45) is 0 Å². The molecule has 2 aromatic rings. The van der Waals surface area contributed by atoms with E-state index in [0.717, 1.165) is 12.8 Å². The maximum Gasteiger partial charge on any atom is 0.416 e. The average molecular weight is 486 g/mol. The molecular formula is C27H39N3O5. The number of para-hydroxylation sites is 1. The van der Waals surface area contributed by atoms with Crippen LogP contribution in [-0.2, 0) is 4.74 Å². The summed E-state index contributed by atoms with van der Waals surface area (Å²) in [5.41, 5.74) is 0.145. The Balaban J connectivity index is 2.74. The molecule has 0 atom stereocenters. The highest BCUT2D eigenvalue weighted by atomic mass is 16.6. The molecule has 0 aliphatic rings. The summed E-state index contributed by atoms with van der Waals surface area (Å²) in [6, 6.07) is 8.86. The molecule has 1 amide bonds. The highest BCUT2D eigenvalue weighted by molar-refractivity contribution is 6.01. The molecule has 0 aliphatic carbocycles. The van der Waals surface area contributed by atoms with Gasteiger partial charge in [-0.25, -0.2) is 14.6 Å². The molecule has 0 unspecified atom stereocenters. The third kappa shape index (κ3) is 7.60. The van der Waals surface area contributed by atoms with Gasteiger partial charge in [-0.3, -0.25) is 4.90 Å². The van der Waals surface area contributed by atoms with E-state index in [2.05, 4.69) is 6.92 Å². The van der Waals surface area contributed by atoms with Crippen LogP contribution in [0.1, 0.15) is 69.8 Å². The van der Waals surface area contributed by atoms with Gasteiger partial charge in [-0.2, -0.15) is 0 Å². The quantitative estimate of drug-likeness (QED) is 0.232. The van der Waals surface area contributed by atoms with E-state index in [0.29, 0.717) is 36.7 Å². The number of rotatable bonds is 10. The molecule has 2 rings (SSSR count). The Morgan fingerprint density at radius 1 is 1.00 bits per heavy atom. The minimum absolute atomic E-state index is 0.224. The number of esters is 1. The fraction of sp³-hybridized carbons (Fsp3) is 0.519. The van der Waals surface area contributed by atoms with Crippen LogP contribution in [-0.4, -0.2) is 49.9 Å². The molecule has 0 saturated carbocycles. The van der Waals surface area contributed by atoms with Gasteiger partial charge >= 0.3 is 12.1 Å². The van der Waals surface area contributed by atoms with Gasteiger partial charge in [0, 0.05) is 26.2 Å². The van der Waals surface area contributed by atoms with E-state index in [9.17, 15) is 9.59 Å². The normalized spacial score (nSPS) is 11.1. The summed E-state index contributed by atoms with van der Waals surface area (Å²) in [6.07, 6.45) is 1.79. The standard InChI is InChI=1S/C27H39N3O5/c1-9-11-18-33-22-21(25(31)34-20-15-13-12-14-16-20)19(3)23(29(7)8)28-24(22)30(17-10-2)26(32)35-27(4,5)6/h12-16H,9-11,17-18H2,1-8H3. The highest BCUT2D eigenvalue weighted by Crippen LogP contribution is 2.38. The number of carbonyl (C=O) groups excluding carboxylic acids is 2. The lowest BCUT2D eigenvalue weighted by molar-refractivity contribution is 0.0576. The third-order valence-corrected chi connectivity index (χ3v) is 4.99. The molecule has 0 radical (unpaired) electrons. The minimum Gasteiger partial charge on any atom is -0.489 e. The second kappa shape index (κ2) is 12.4. The Kier molecular flexibility index (Phi) is 9.92. The van der Waals surface area contributed by atoms with Gasteiger partial charge in [0.15, 0.2) is 11.6 Å². The molecule has 35 heavy (non-hydrogen) atoms. The van der Waals surface area contributed by atoms with Crippen molar-refractivity contribution in [1.82, 2.24) is 4.98 Å².